The summed E-state index contributed by atoms with van der Waals surface area (Å²) in [5.74, 6) is 0.135. The third-order valence-corrected chi connectivity index (χ3v) is 2.12. The van der Waals surface area contributed by atoms with Crippen molar-refractivity contribution in [2.75, 3.05) is 0 Å². The molecule has 0 radical (unpaired) electrons. The Bertz CT molecular complexity index is 231. The quantitative estimate of drug-likeness (QED) is 0.584. The van der Waals surface area contributed by atoms with E-state index in [9.17, 15) is 4.79 Å². The first kappa shape index (κ1) is 10.9. The van der Waals surface area contributed by atoms with Gasteiger partial charge in [0.1, 0.15) is 5.78 Å². The van der Waals surface area contributed by atoms with E-state index in [1.54, 1.807) is 19.1 Å². The zero-order chi connectivity index (χ0) is 9.78. The minimum atomic E-state index is -0.448. The zero-order valence-electron chi connectivity index (χ0n) is 8.05. The molecule has 0 aliphatic carbocycles. The Morgan fingerprint density at radius 3 is 2.08 bits per heavy atom. The molecule has 0 aromatic heterocycles. The van der Waals surface area contributed by atoms with Crippen molar-refractivity contribution in [3.8, 4) is 0 Å². The summed E-state index contributed by atoms with van der Waals surface area (Å²) in [7, 11) is 0. The summed E-state index contributed by atoms with van der Waals surface area (Å²) in [6.07, 6.45) is 5.18. The molecule has 0 amide bonds. The van der Waals surface area contributed by atoms with Crippen LogP contribution in [0.3, 0.4) is 0 Å². The lowest BCUT2D eigenvalue weighted by atomic mass is 9.80. The molecule has 0 aromatic rings. The van der Waals surface area contributed by atoms with Gasteiger partial charge in [0, 0.05) is 5.41 Å². The topological polar surface area (TPSA) is 17.1 Å². The molecular weight excluding hydrogens is 148 g/mol. The highest BCUT2D eigenvalue weighted by Crippen LogP contribution is 2.27. The van der Waals surface area contributed by atoms with Gasteiger partial charge < -0.3 is 0 Å². The van der Waals surface area contributed by atoms with Crippen molar-refractivity contribution >= 4 is 5.78 Å². The fourth-order valence-electron chi connectivity index (χ4n) is 0.862. The van der Waals surface area contributed by atoms with Gasteiger partial charge in [-0.05, 0) is 26.3 Å². The van der Waals surface area contributed by atoms with E-state index in [0.717, 1.165) is 5.57 Å². The van der Waals surface area contributed by atoms with Crippen LogP contribution < -0.4 is 0 Å². The Kier molecular flexibility index (Phi) is 3.68. The molecule has 1 nitrogen and oxygen atoms in total. The van der Waals surface area contributed by atoms with E-state index >= 15 is 0 Å². The molecule has 0 aromatic carbocycles. The first-order valence-electron chi connectivity index (χ1n) is 3.93. The maximum atomic E-state index is 11.2. The molecule has 0 fully saturated rings. The smallest absolute Gasteiger partial charge is 0.139 e. The fraction of sp³-hybridized carbons (Fsp3) is 0.364. The van der Waals surface area contributed by atoms with Crippen LogP contribution >= 0.6 is 0 Å². The highest BCUT2D eigenvalue weighted by Gasteiger charge is 2.25. The number of allylic oxidation sites excluding steroid dienone is 4. The van der Waals surface area contributed by atoms with Gasteiger partial charge in [-0.15, -0.1) is 0 Å². The predicted molar refractivity (Wildman–Crippen MR) is 52.9 cm³/mol. The van der Waals surface area contributed by atoms with Crippen molar-refractivity contribution in [3.63, 3.8) is 0 Å². The summed E-state index contributed by atoms with van der Waals surface area (Å²) in [5.41, 5.74) is 0.459. The van der Waals surface area contributed by atoms with Gasteiger partial charge in [0.15, 0.2) is 0 Å². The minimum absolute atomic E-state index is 0.135. The molecule has 66 valence electrons. The Morgan fingerprint density at radius 1 is 1.33 bits per heavy atom. The van der Waals surface area contributed by atoms with Gasteiger partial charge in [0.05, 0.1) is 0 Å². The number of ketones is 1. The molecule has 0 saturated heterocycles. The Balaban J connectivity index is 4.96. The molecule has 0 aliphatic rings. The highest BCUT2D eigenvalue weighted by atomic mass is 16.1. The van der Waals surface area contributed by atoms with Gasteiger partial charge in [0.2, 0.25) is 0 Å². The number of rotatable bonds is 4. The van der Waals surface area contributed by atoms with E-state index in [2.05, 4.69) is 13.2 Å². The third-order valence-electron chi connectivity index (χ3n) is 2.12. The van der Waals surface area contributed by atoms with Crippen LogP contribution in [0, 0.1) is 5.41 Å². The minimum Gasteiger partial charge on any atom is -0.299 e. The van der Waals surface area contributed by atoms with Crippen molar-refractivity contribution in [3.05, 3.63) is 37.0 Å². The van der Waals surface area contributed by atoms with Crippen LogP contribution in [0.15, 0.2) is 37.0 Å². The normalized spacial score (nSPS) is 12.4. The summed E-state index contributed by atoms with van der Waals surface area (Å²) < 4.78 is 0. The van der Waals surface area contributed by atoms with Crippen LogP contribution in [-0.4, -0.2) is 5.78 Å². The van der Waals surface area contributed by atoms with E-state index in [1.807, 2.05) is 19.9 Å². The molecule has 1 heteroatoms. The van der Waals surface area contributed by atoms with Gasteiger partial charge in [-0.25, -0.2) is 0 Å². The lowest BCUT2D eigenvalue weighted by Crippen LogP contribution is -2.22. The maximum absolute atomic E-state index is 11.2. The van der Waals surface area contributed by atoms with Gasteiger partial charge in [0.25, 0.3) is 0 Å². The molecular formula is C11H16O. The van der Waals surface area contributed by atoms with E-state index in [1.165, 1.54) is 0 Å². The van der Waals surface area contributed by atoms with Crippen molar-refractivity contribution < 1.29 is 4.79 Å². The first-order valence-corrected chi connectivity index (χ1v) is 3.93. The summed E-state index contributed by atoms with van der Waals surface area (Å²) in [6, 6.07) is 0. The monoisotopic (exact) mass is 164 g/mol. The second-order valence-electron chi connectivity index (χ2n) is 3.24. The molecule has 0 spiro atoms. The van der Waals surface area contributed by atoms with E-state index < -0.39 is 5.41 Å². The van der Waals surface area contributed by atoms with Gasteiger partial charge in [-0.3, -0.25) is 4.79 Å². The fourth-order valence-corrected chi connectivity index (χ4v) is 0.862. The first-order chi connectivity index (χ1) is 5.46. The Labute approximate surface area is 74.5 Å². The number of carbonyl (C=O) groups excluding carboxylic acids is 1. The molecule has 0 unspecified atom stereocenters. The van der Waals surface area contributed by atoms with Crippen LogP contribution in [0.25, 0.3) is 0 Å². The van der Waals surface area contributed by atoms with E-state index in [0.29, 0.717) is 0 Å². The maximum Gasteiger partial charge on any atom is 0.139 e. The Hall–Kier alpha value is -1.11. The largest absolute Gasteiger partial charge is 0.299 e. The van der Waals surface area contributed by atoms with Gasteiger partial charge >= 0.3 is 0 Å². The zero-order valence-corrected chi connectivity index (χ0v) is 8.05. The van der Waals surface area contributed by atoms with Gasteiger partial charge in [-0.1, -0.05) is 31.4 Å². The van der Waals surface area contributed by atoms with Crippen LogP contribution in [0.5, 0.6) is 0 Å². The van der Waals surface area contributed by atoms with Crippen LogP contribution in [0.2, 0.25) is 0 Å². The second-order valence-corrected chi connectivity index (χ2v) is 3.24. The SMILES string of the molecule is C=C/C=C(\C=C)C(C)(C)C(C)=O. The molecule has 0 rings (SSSR count). The molecule has 0 atom stereocenters. The number of carbonyl (C=O) groups is 1. The van der Waals surface area contributed by atoms with Crippen molar-refractivity contribution in [1.82, 2.24) is 0 Å². The third kappa shape index (κ3) is 2.19. The molecule has 0 saturated carbocycles. The Morgan fingerprint density at radius 2 is 1.83 bits per heavy atom. The molecule has 0 bridgehead atoms. The van der Waals surface area contributed by atoms with Crippen molar-refractivity contribution in [2.45, 2.75) is 20.8 Å². The summed E-state index contributed by atoms with van der Waals surface area (Å²) in [4.78, 5) is 11.2. The standard InChI is InChI=1S/C11H16O/c1-6-8-10(7-2)11(4,5)9(3)12/h6-8H,1-2H2,3-5H3/b10-8+. The lowest BCUT2D eigenvalue weighted by Gasteiger charge is -2.22. The highest BCUT2D eigenvalue weighted by molar-refractivity contribution is 5.85. The van der Waals surface area contributed by atoms with E-state index in [4.69, 9.17) is 0 Å². The number of hydrogen-bond acceptors (Lipinski definition) is 1. The van der Waals surface area contributed by atoms with Crippen LogP contribution in [0.1, 0.15) is 20.8 Å². The molecule has 12 heavy (non-hydrogen) atoms. The molecule has 0 aliphatic heterocycles. The second kappa shape index (κ2) is 4.05. The summed E-state index contributed by atoms with van der Waals surface area (Å²) in [5, 5.41) is 0. The molecule has 0 N–H and O–H groups in total. The van der Waals surface area contributed by atoms with Crippen molar-refractivity contribution in [1.29, 1.82) is 0 Å². The average Bonchev–Trinajstić information content (AvgIpc) is 1.99. The van der Waals surface area contributed by atoms with Crippen LogP contribution in [-0.2, 0) is 4.79 Å². The van der Waals surface area contributed by atoms with Crippen LogP contribution in [0.4, 0.5) is 0 Å². The number of Topliss-reactive ketones (excluding diaryl/α,β-unsaturated/α-hetero) is 1. The lowest BCUT2D eigenvalue weighted by molar-refractivity contribution is -0.123. The summed E-state index contributed by atoms with van der Waals surface area (Å²) in [6.45, 7) is 12.6. The van der Waals surface area contributed by atoms with E-state index in [-0.39, 0.29) is 5.78 Å². The summed E-state index contributed by atoms with van der Waals surface area (Å²) >= 11 is 0. The van der Waals surface area contributed by atoms with Gasteiger partial charge in [-0.2, -0.15) is 0 Å². The van der Waals surface area contributed by atoms with Crippen molar-refractivity contribution in [2.24, 2.45) is 5.41 Å². The molecule has 0 heterocycles. The predicted octanol–water partition coefficient (Wildman–Crippen LogP) is 2.90. The average molecular weight is 164 g/mol. The number of hydrogen-bond donors (Lipinski definition) is 0.